The van der Waals surface area contributed by atoms with Crippen LogP contribution in [0.2, 0.25) is 0 Å². The van der Waals surface area contributed by atoms with Gasteiger partial charge in [0.15, 0.2) is 5.11 Å². The van der Waals surface area contributed by atoms with Gasteiger partial charge in [-0.05, 0) is 60.2 Å². The minimum atomic E-state index is -0.344. The van der Waals surface area contributed by atoms with Gasteiger partial charge in [-0.2, -0.15) is 0 Å². The van der Waals surface area contributed by atoms with Gasteiger partial charge < -0.3 is 20.1 Å². The summed E-state index contributed by atoms with van der Waals surface area (Å²) in [6.45, 7) is 0.919. The quantitative estimate of drug-likeness (QED) is 0.328. The third-order valence-corrected chi connectivity index (χ3v) is 4.72. The standard InChI is InChI=1S/C25H25N3O4S/c1-31-14-15-32-22-12-10-19(11-13-22)24(30)28-25(33)27-21-9-5-8-20(17-21)26-23(29)16-18-6-3-2-4-7-18/h2-13,17H,14-16H2,1H3,(H,26,29)(H2,27,28,30,33). The molecule has 3 N–H and O–H groups in total. The molecule has 170 valence electrons. The molecule has 0 bridgehead atoms. The van der Waals surface area contributed by atoms with Gasteiger partial charge in [0.05, 0.1) is 13.0 Å². The number of carbonyl (C=O) groups excluding carboxylic acids is 2. The van der Waals surface area contributed by atoms with Crippen molar-refractivity contribution in [1.82, 2.24) is 5.32 Å². The van der Waals surface area contributed by atoms with Gasteiger partial charge >= 0.3 is 0 Å². The fourth-order valence-corrected chi connectivity index (χ4v) is 3.15. The molecule has 3 aromatic carbocycles. The number of rotatable bonds is 9. The second-order valence-corrected chi connectivity index (χ2v) is 7.47. The SMILES string of the molecule is COCCOc1ccc(C(=O)NC(=S)Nc2cccc(NC(=O)Cc3ccccc3)c2)cc1. The van der Waals surface area contributed by atoms with Crippen molar-refractivity contribution >= 4 is 40.5 Å². The van der Waals surface area contributed by atoms with Gasteiger partial charge in [0.2, 0.25) is 5.91 Å². The highest BCUT2D eigenvalue weighted by atomic mass is 32.1. The predicted octanol–water partition coefficient (Wildman–Crippen LogP) is 4.02. The van der Waals surface area contributed by atoms with Crippen LogP contribution in [0.1, 0.15) is 15.9 Å². The van der Waals surface area contributed by atoms with Crippen molar-refractivity contribution < 1.29 is 19.1 Å². The van der Waals surface area contributed by atoms with Crippen LogP contribution < -0.4 is 20.7 Å². The summed E-state index contributed by atoms with van der Waals surface area (Å²) in [4.78, 5) is 24.7. The van der Waals surface area contributed by atoms with Crippen molar-refractivity contribution in [2.45, 2.75) is 6.42 Å². The van der Waals surface area contributed by atoms with Crippen molar-refractivity contribution in [2.75, 3.05) is 31.0 Å². The Balaban J connectivity index is 1.50. The molecule has 0 heterocycles. The van der Waals surface area contributed by atoms with Crippen LogP contribution in [-0.2, 0) is 16.0 Å². The van der Waals surface area contributed by atoms with Crippen LogP contribution in [0.4, 0.5) is 11.4 Å². The molecule has 0 saturated carbocycles. The Kier molecular flexibility index (Phi) is 8.93. The highest BCUT2D eigenvalue weighted by molar-refractivity contribution is 7.80. The summed E-state index contributed by atoms with van der Waals surface area (Å²) in [7, 11) is 1.60. The zero-order valence-corrected chi connectivity index (χ0v) is 19.0. The third kappa shape index (κ3) is 8.03. The molecule has 33 heavy (non-hydrogen) atoms. The van der Waals surface area contributed by atoms with Crippen LogP contribution in [0, 0.1) is 0 Å². The summed E-state index contributed by atoms with van der Waals surface area (Å²) in [6.07, 6.45) is 0.281. The van der Waals surface area contributed by atoms with Gasteiger partial charge in [-0.1, -0.05) is 36.4 Å². The second-order valence-electron chi connectivity index (χ2n) is 7.07. The maximum absolute atomic E-state index is 12.4. The van der Waals surface area contributed by atoms with Crippen LogP contribution in [-0.4, -0.2) is 37.3 Å². The van der Waals surface area contributed by atoms with E-state index in [4.69, 9.17) is 21.7 Å². The normalized spacial score (nSPS) is 10.2. The molecule has 7 nitrogen and oxygen atoms in total. The molecule has 0 radical (unpaired) electrons. The van der Waals surface area contributed by atoms with E-state index < -0.39 is 0 Å². The average Bonchev–Trinajstić information content (AvgIpc) is 2.80. The first-order valence-electron chi connectivity index (χ1n) is 10.3. The minimum Gasteiger partial charge on any atom is -0.491 e. The van der Waals surface area contributed by atoms with Crippen LogP contribution in [0.5, 0.6) is 5.75 Å². The Morgan fingerprint density at radius 3 is 2.24 bits per heavy atom. The van der Waals surface area contributed by atoms with E-state index in [0.29, 0.717) is 35.9 Å². The maximum atomic E-state index is 12.4. The molecular formula is C25H25N3O4S. The van der Waals surface area contributed by atoms with Crippen LogP contribution in [0.3, 0.4) is 0 Å². The third-order valence-electron chi connectivity index (χ3n) is 4.51. The van der Waals surface area contributed by atoms with E-state index in [0.717, 1.165) is 5.56 Å². The number of thiocarbonyl (C=S) groups is 1. The maximum Gasteiger partial charge on any atom is 0.257 e. The van der Waals surface area contributed by atoms with Crippen molar-refractivity contribution in [3.05, 3.63) is 90.0 Å². The fraction of sp³-hybridized carbons (Fsp3) is 0.160. The molecule has 0 spiro atoms. The van der Waals surface area contributed by atoms with Crippen molar-refractivity contribution in [1.29, 1.82) is 0 Å². The van der Waals surface area contributed by atoms with E-state index in [1.807, 2.05) is 30.3 Å². The van der Waals surface area contributed by atoms with E-state index in [2.05, 4.69) is 16.0 Å². The Morgan fingerprint density at radius 2 is 1.55 bits per heavy atom. The molecular weight excluding hydrogens is 438 g/mol. The molecule has 8 heteroatoms. The number of ether oxygens (including phenoxy) is 2. The monoisotopic (exact) mass is 463 g/mol. The van der Waals surface area contributed by atoms with E-state index in [-0.39, 0.29) is 23.3 Å². The lowest BCUT2D eigenvalue weighted by Gasteiger charge is -2.12. The number of hydrogen-bond donors (Lipinski definition) is 3. The molecule has 3 rings (SSSR count). The summed E-state index contributed by atoms with van der Waals surface area (Å²) >= 11 is 5.26. The summed E-state index contributed by atoms with van der Waals surface area (Å²) in [5.74, 6) is 0.183. The zero-order valence-electron chi connectivity index (χ0n) is 18.2. The van der Waals surface area contributed by atoms with Gasteiger partial charge in [0.1, 0.15) is 12.4 Å². The van der Waals surface area contributed by atoms with Crippen molar-refractivity contribution in [3.63, 3.8) is 0 Å². The van der Waals surface area contributed by atoms with Crippen LogP contribution >= 0.6 is 12.2 Å². The van der Waals surface area contributed by atoms with Crippen LogP contribution in [0.15, 0.2) is 78.9 Å². The number of benzene rings is 3. The molecule has 0 fully saturated rings. The first kappa shape index (κ1) is 23.9. The second kappa shape index (κ2) is 12.3. The zero-order chi connectivity index (χ0) is 23.5. The van der Waals surface area contributed by atoms with Gasteiger partial charge in [0, 0.05) is 24.0 Å². The van der Waals surface area contributed by atoms with E-state index >= 15 is 0 Å². The number of hydrogen-bond acceptors (Lipinski definition) is 5. The van der Waals surface area contributed by atoms with Gasteiger partial charge in [-0.25, -0.2) is 0 Å². The number of amides is 2. The van der Waals surface area contributed by atoms with E-state index in [1.54, 1.807) is 55.6 Å². The summed E-state index contributed by atoms with van der Waals surface area (Å²) < 4.78 is 10.4. The number of carbonyl (C=O) groups is 2. The topological polar surface area (TPSA) is 88.7 Å². The lowest BCUT2D eigenvalue weighted by molar-refractivity contribution is -0.115. The predicted molar refractivity (Wildman–Crippen MR) is 133 cm³/mol. The van der Waals surface area contributed by atoms with Gasteiger partial charge in [0.25, 0.3) is 5.91 Å². The molecule has 0 aromatic heterocycles. The van der Waals surface area contributed by atoms with Crippen LogP contribution in [0.25, 0.3) is 0 Å². The molecule has 0 aliphatic rings. The molecule has 0 aliphatic heterocycles. The lowest BCUT2D eigenvalue weighted by atomic mass is 10.1. The molecule has 0 saturated heterocycles. The van der Waals surface area contributed by atoms with Crippen molar-refractivity contribution in [2.24, 2.45) is 0 Å². The molecule has 2 amide bonds. The Morgan fingerprint density at radius 1 is 0.848 bits per heavy atom. The van der Waals surface area contributed by atoms with Crippen molar-refractivity contribution in [3.8, 4) is 5.75 Å². The fourth-order valence-electron chi connectivity index (χ4n) is 2.94. The molecule has 3 aromatic rings. The average molecular weight is 464 g/mol. The summed E-state index contributed by atoms with van der Waals surface area (Å²) in [5.41, 5.74) is 2.64. The number of methoxy groups -OCH3 is 1. The van der Waals surface area contributed by atoms with Gasteiger partial charge in [-0.15, -0.1) is 0 Å². The lowest BCUT2D eigenvalue weighted by Crippen LogP contribution is -2.34. The van der Waals surface area contributed by atoms with E-state index in [9.17, 15) is 9.59 Å². The first-order chi connectivity index (χ1) is 16.0. The summed E-state index contributed by atoms with van der Waals surface area (Å²) in [5, 5.41) is 8.62. The van der Waals surface area contributed by atoms with Gasteiger partial charge in [-0.3, -0.25) is 14.9 Å². The molecule has 0 aliphatic carbocycles. The highest BCUT2D eigenvalue weighted by Gasteiger charge is 2.09. The molecule has 0 atom stereocenters. The summed E-state index contributed by atoms with van der Waals surface area (Å²) in [6, 6.07) is 23.3. The van der Waals surface area contributed by atoms with E-state index in [1.165, 1.54) is 0 Å². The smallest absolute Gasteiger partial charge is 0.257 e. The highest BCUT2D eigenvalue weighted by Crippen LogP contribution is 2.16. The largest absolute Gasteiger partial charge is 0.491 e. The molecule has 0 unspecified atom stereocenters. The number of anilines is 2. The Labute approximate surface area is 198 Å². The number of nitrogens with one attached hydrogen (secondary N) is 3. The Hall–Kier alpha value is -3.75. The minimum absolute atomic E-state index is 0.121. The first-order valence-corrected chi connectivity index (χ1v) is 10.7. The Bertz CT molecular complexity index is 1090.